The quantitative estimate of drug-likeness (QED) is 0.0581. The van der Waals surface area contributed by atoms with E-state index in [1.165, 1.54) is 202 Å². The van der Waals surface area contributed by atoms with E-state index >= 15 is 0 Å². The molecule has 1 unspecified atom stereocenters. The number of alkyl carbamates (subject to hydrolysis) is 1. The van der Waals surface area contributed by atoms with Gasteiger partial charge in [0.05, 0.1) is 0 Å². The summed E-state index contributed by atoms with van der Waals surface area (Å²) in [5, 5.41) is 5.47. The van der Waals surface area contributed by atoms with Crippen LogP contribution in [0.1, 0.15) is 253 Å². The van der Waals surface area contributed by atoms with Gasteiger partial charge in [0.1, 0.15) is 11.6 Å². The standard InChI is InChI=1S/C58H99N3O3/c1-7-10-12-14-16-18-20-22-24-26-28-30-32-34-36-40-46-60(47-41-37-35-33-31-29-27-25-23-21-19-17-15-13-11-8-2)56(62)53(59-57(63)64-58(4,5)6)49-50-44-45-55-52(48-50)51-42-38-39-43-54(51)61(55)9-3/h38-39,42-45,48,53H,7-37,40-41,46-47,49H2,1-6H3,(H,59,63). The Balaban J connectivity index is 1.54. The number of benzene rings is 2. The first-order valence-corrected chi connectivity index (χ1v) is 27.5. The van der Waals surface area contributed by atoms with Crippen molar-refractivity contribution in [1.29, 1.82) is 0 Å². The number of hydrogen-bond donors (Lipinski definition) is 1. The molecule has 2 amide bonds. The number of nitrogens with one attached hydrogen (secondary N) is 1. The topological polar surface area (TPSA) is 63.6 Å². The third-order valence-corrected chi connectivity index (χ3v) is 13.5. The van der Waals surface area contributed by atoms with Crippen molar-refractivity contribution in [3.63, 3.8) is 0 Å². The van der Waals surface area contributed by atoms with Gasteiger partial charge in [-0.2, -0.15) is 0 Å². The normalized spacial score (nSPS) is 12.3. The Morgan fingerprint density at radius 2 is 0.922 bits per heavy atom. The summed E-state index contributed by atoms with van der Waals surface area (Å²) in [6.45, 7) is 14.8. The highest BCUT2D eigenvalue weighted by Gasteiger charge is 2.28. The van der Waals surface area contributed by atoms with Crippen LogP contribution in [-0.2, 0) is 22.5 Å². The molecule has 6 heteroatoms. The van der Waals surface area contributed by atoms with Crippen LogP contribution >= 0.6 is 0 Å². The molecule has 0 aliphatic heterocycles. The SMILES string of the molecule is CCCCCCCCCCCCCCCCCCN(CCCCCCCCCCCCCCCCCC)C(=O)C(Cc1ccc2c(c1)c1ccccc1n2CC)NC(=O)OC(C)(C)C. The third-order valence-electron chi connectivity index (χ3n) is 13.5. The van der Waals surface area contributed by atoms with E-state index in [1.54, 1.807) is 0 Å². The van der Waals surface area contributed by atoms with E-state index in [2.05, 4.69) is 78.0 Å². The molecule has 64 heavy (non-hydrogen) atoms. The lowest BCUT2D eigenvalue weighted by atomic mass is 10.0. The van der Waals surface area contributed by atoms with Crippen molar-refractivity contribution in [2.45, 2.75) is 272 Å². The lowest BCUT2D eigenvalue weighted by molar-refractivity contribution is -0.133. The van der Waals surface area contributed by atoms with Crippen LogP contribution in [-0.4, -0.2) is 46.2 Å². The molecule has 0 saturated heterocycles. The number of fused-ring (bicyclic) bond motifs is 3. The predicted octanol–water partition coefficient (Wildman–Crippen LogP) is 17.6. The molecule has 3 rings (SSSR count). The monoisotopic (exact) mass is 886 g/mol. The second-order valence-corrected chi connectivity index (χ2v) is 20.4. The van der Waals surface area contributed by atoms with Crippen molar-refractivity contribution in [2.24, 2.45) is 0 Å². The van der Waals surface area contributed by atoms with Gasteiger partial charge < -0.3 is 19.5 Å². The number of para-hydroxylation sites is 1. The van der Waals surface area contributed by atoms with Gasteiger partial charge in [-0.25, -0.2) is 4.79 Å². The van der Waals surface area contributed by atoms with Crippen molar-refractivity contribution in [3.05, 3.63) is 48.0 Å². The minimum absolute atomic E-state index is 0.0175. The highest BCUT2D eigenvalue weighted by atomic mass is 16.6. The Hall–Kier alpha value is -3.02. The van der Waals surface area contributed by atoms with Gasteiger partial charge in [-0.15, -0.1) is 0 Å². The molecule has 1 N–H and O–H groups in total. The van der Waals surface area contributed by atoms with E-state index in [0.717, 1.165) is 50.9 Å². The van der Waals surface area contributed by atoms with Crippen LogP contribution in [0.25, 0.3) is 21.8 Å². The van der Waals surface area contributed by atoms with E-state index in [1.807, 2.05) is 20.8 Å². The number of aromatic nitrogens is 1. The average Bonchev–Trinajstić information content (AvgIpc) is 3.59. The number of carbonyl (C=O) groups is 2. The van der Waals surface area contributed by atoms with E-state index in [4.69, 9.17) is 4.74 Å². The lowest BCUT2D eigenvalue weighted by Gasteiger charge is -2.29. The molecule has 1 aromatic heterocycles. The number of carbonyl (C=O) groups excluding carboxylic acids is 2. The van der Waals surface area contributed by atoms with E-state index in [-0.39, 0.29) is 5.91 Å². The van der Waals surface area contributed by atoms with Crippen LogP contribution < -0.4 is 5.32 Å². The Morgan fingerprint density at radius 3 is 1.33 bits per heavy atom. The Bertz CT molecular complexity index is 1600. The van der Waals surface area contributed by atoms with Crippen LogP contribution in [0.3, 0.4) is 0 Å². The maximum absolute atomic E-state index is 14.7. The average molecular weight is 886 g/mol. The fraction of sp³-hybridized carbons (Fsp3) is 0.759. The second-order valence-electron chi connectivity index (χ2n) is 20.4. The predicted molar refractivity (Wildman–Crippen MR) is 278 cm³/mol. The summed E-state index contributed by atoms with van der Waals surface area (Å²) in [6, 6.07) is 14.4. The van der Waals surface area contributed by atoms with Crippen molar-refractivity contribution >= 4 is 33.8 Å². The summed E-state index contributed by atoms with van der Waals surface area (Å²) in [4.78, 5) is 30.1. The van der Waals surface area contributed by atoms with Crippen LogP contribution in [0.15, 0.2) is 42.5 Å². The molecule has 0 fully saturated rings. The zero-order valence-electron chi connectivity index (χ0n) is 42.7. The summed E-state index contributed by atoms with van der Waals surface area (Å²) in [6.07, 6.45) is 42.5. The minimum atomic E-state index is -0.700. The number of ether oxygens (including phenoxy) is 1. The smallest absolute Gasteiger partial charge is 0.408 e. The van der Waals surface area contributed by atoms with Gasteiger partial charge in [0, 0.05) is 47.9 Å². The fourth-order valence-electron chi connectivity index (χ4n) is 9.71. The molecule has 2 aromatic carbocycles. The van der Waals surface area contributed by atoms with Gasteiger partial charge in [-0.05, 0) is 64.3 Å². The molecule has 364 valence electrons. The molecule has 0 radical (unpaired) electrons. The van der Waals surface area contributed by atoms with Gasteiger partial charge >= 0.3 is 6.09 Å². The van der Waals surface area contributed by atoms with Gasteiger partial charge in [0.15, 0.2) is 0 Å². The van der Waals surface area contributed by atoms with E-state index < -0.39 is 17.7 Å². The number of hydrogen-bond acceptors (Lipinski definition) is 3. The van der Waals surface area contributed by atoms with Crippen LogP contribution in [0.2, 0.25) is 0 Å². The molecule has 3 aromatic rings. The van der Waals surface area contributed by atoms with Crippen LogP contribution in [0.5, 0.6) is 0 Å². The molecule has 1 heterocycles. The van der Waals surface area contributed by atoms with E-state index in [0.29, 0.717) is 6.42 Å². The summed E-state index contributed by atoms with van der Waals surface area (Å²) < 4.78 is 8.10. The first-order chi connectivity index (χ1) is 31.2. The zero-order chi connectivity index (χ0) is 46.1. The summed E-state index contributed by atoms with van der Waals surface area (Å²) in [7, 11) is 0. The Labute approximate surface area is 394 Å². The molecule has 6 nitrogen and oxygen atoms in total. The van der Waals surface area contributed by atoms with Gasteiger partial charge in [0.25, 0.3) is 0 Å². The third kappa shape index (κ3) is 23.4. The number of aryl methyl sites for hydroxylation is 1. The second kappa shape index (κ2) is 34.3. The molecule has 0 aliphatic carbocycles. The number of rotatable bonds is 39. The van der Waals surface area contributed by atoms with Crippen molar-refractivity contribution in [3.8, 4) is 0 Å². The van der Waals surface area contributed by atoms with E-state index in [9.17, 15) is 9.59 Å². The number of amides is 2. The van der Waals surface area contributed by atoms with Gasteiger partial charge in [0.2, 0.25) is 5.91 Å². The fourth-order valence-corrected chi connectivity index (χ4v) is 9.71. The number of nitrogens with zero attached hydrogens (tertiary/aromatic N) is 2. The summed E-state index contributed by atoms with van der Waals surface area (Å²) >= 11 is 0. The molecule has 0 bridgehead atoms. The van der Waals surface area contributed by atoms with Crippen molar-refractivity contribution in [1.82, 2.24) is 14.8 Å². The maximum atomic E-state index is 14.7. The summed E-state index contributed by atoms with van der Waals surface area (Å²) in [5.41, 5.74) is 2.81. The lowest BCUT2D eigenvalue weighted by Crippen LogP contribution is -2.51. The molecule has 0 aliphatic rings. The first-order valence-electron chi connectivity index (χ1n) is 27.5. The van der Waals surface area contributed by atoms with Crippen LogP contribution in [0.4, 0.5) is 4.79 Å². The first kappa shape index (κ1) is 55.3. The maximum Gasteiger partial charge on any atom is 0.408 e. The molecule has 0 spiro atoms. The van der Waals surface area contributed by atoms with Crippen molar-refractivity contribution in [2.75, 3.05) is 13.1 Å². The van der Waals surface area contributed by atoms with Gasteiger partial charge in [-0.3, -0.25) is 4.79 Å². The molecular weight excluding hydrogens is 787 g/mol. The highest BCUT2D eigenvalue weighted by molar-refractivity contribution is 6.08. The highest BCUT2D eigenvalue weighted by Crippen LogP contribution is 2.30. The van der Waals surface area contributed by atoms with Crippen molar-refractivity contribution < 1.29 is 14.3 Å². The Kier molecular flexibility index (Phi) is 29.7. The van der Waals surface area contributed by atoms with Crippen LogP contribution in [0, 0.1) is 0 Å². The zero-order valence-corrected chi connectivity index (χ0v) is 42.7. The molecule has 0 saturated carbocycles. The Morgan fingerprint density at radius 1 is 0.531 bits per heavy atom. The minimum Gasteiger partial charge on any atom is -0.444 e. The summed E-state index contributed by atoms with van der Waals surface area (Å²) in [5.74, 6) is 0.0175. The molecule has 1 atom stereocenters. The van der Waals surface area contributed by atoms with Gasteiger partial charge in [-0.1, -0.05) is 231 Å². The largest absolute Gasteiger partial charge is 0.444 e. The number of unbranched alkanes of at least 4 members (excludes halogenated alkanes) is 30. The molecular formula is C58H99N3O3.